The van der Waals surface area contributed by atoms with Gasteiger partial charge in [0.1, 0.15) is 11.3 Å². The summed E-state index contributed by atoms with van der Waals surface area (Å²) in [7, 11) is 0. The number of amides is 1. The number of aryl methyl sites for hydroxylation is 2. The Hall–Kier alpha value is -3.08. The van der Waals surface area contributed by atoms with Crippen molar-refractivity contribution in [3.05, 3.63) is 72.3 Å². The highest BCUT2D eigenvalue weighted by Crippen LogP contribution is 2.15. The first-order valence-corrected chi connectivity index (χ1v) is 8.48. The van der Waals surface area contributed by atoms with E-state index < -0.39 is 0 Å². The maximum Gasteiger partial charge on any atom is 0.271 e. The van der Waals surface area contributed by atoms with E-state index in [0.29, 0.717) is 12.2 Å². The second-order valence-electron chi connectivity index (χ2n) is 6.27. The van der Waals surface area contributed by atoms with Gasteiger partial charge in [-0.15, -0.1) is 0 Å². The highest BCUT2D eigenvalue weighted by Gasteiger charge is 2.10. The number of aromatic nitrogens is 3. The molecule has 0 radical (unpaired) electrons. The Morgan fingerprint density at radius 1 is 1.16 bits per heavy atom. The predicted octanol–water partition coefficient (Wildman–Crippen LogP) is 3.42. The molecular weight excluding hydrogens is 312 g/mol. The van der Waals surface area contributed by atoms with Crippen molar-refractivity contribution in [2.75, 3.05) is 6.54 Å². The van der Waals surface area contributed by atoms with Crippen LogP contribution in [0.1, 0.15) is 22.5 Å². The number of para-hydroxylation sites is 1. The molecule has 3 aromatic heterocycles. The summed E-state index contributed by atoms with van der Waals surface area (Å²) in [5.74, 6) is -0.126. The van der Waals surface area contributed by atoms with E-state index in [9.17, 15) is 4.79 Å². The number of nitrogens with zero attached hydrogens (tertiary/aromatic N) is 3. The molecule has 0 saturated carbocycles. The van der Waals surface area contributed by atoms with Crippen molar-refractivity contribution < 1.29 is 4.79 Å². The molecule has 5 heteroatoms. The number of carbonyl (C=O) groups is 1. The van der Waals surface area contributed by atoms with E-state index >= 15 is 0 Å². The summed E-state index contributed by atoms with van der Waals surface area (Å²) in [6.07, 6.45) is 6.66. The summed E-state index contributed by atoms with van der Waals surface area (Å²) >= 11 is 0. The fourth-order valence-electron chi connectivity index (χ4n) is 3.07. The Labute approximate surface area is 145 Å². The Bertz CT molecular complexity index is 1040. The third kappa shape index (κ3) is 3.13. The maximum atomic E-state index is 12.3. The molecule has 1 N–H and O–H groups in total. The quantitative estimate of drug-likeness (QED) is 0.569. The molecule has 0 spiro atoms. The molecular formula is C20H20N4O. The molecule has 4 rings (SSSR count). The molecule has 25 heavy (non-hydrogen) atoms. The Balaban J connectivity index is 1.35. The van der Waals surface area contributed by atoms with Gasteiger partial charge >= 0.3 is 0 Å². The SMILES string of the molecule is Cc1ccn2cc(C(=O)NCCCn3ccc4ccccc43)nc2c1. The number of rotatable bonds is 5. The average Bonchev–Trinajstić information content (AvgIpc) is 3.22. The fourth-order valence-corrected chi connectivity index (χ4v) is 3.07. The minimum absolute atomic E-state index is 0.126. The number of pyridine rings is 1. The lowest BCUT2D eigenvalue weighted by Gasteiger charge is -2.06. The number of hydrogen-bond acceptors (Lipinski definition) is 2. The van der Waals surface area contributed by atoms with E-state index in [0.717, 1.165) is 24.2 Å². The molecule has 3 heterocycles. The van der Waals surface area contributed by atoms with Crippen molar-refractivity contribution in [3.63, 3.8) is 0 Å². The molecule has 4 aromatic rings. The molecule has 1 amide bonds. The summed E-state index contributed by atoms with van der Waals surface area (Å²) in [5, 5.41) is 4.20. The van der Waals surface area contributed by atoms with Crippen molar-refractivity contribution >= 4 is 22.5 Å². The summed E-state index contributed by atoms with van der Waals surface area (Å²) in [6, 6.07) is 14.4. The van der Waals surface area contributed by atoms with Crippen LogP contribution in [0.3, 0.4) is 0 Å². The molecule has 0 aliphatic heterocycles. The highest BCUT2D eigenvalue weighted by atomic mass is 16.1. The van der Waals surface area contributed by atoms with E-state index in [1.807, 2.05) is 41.8 Å². The zero-order valence-corrected chi connectivity index (χ0v) is 14.1. The van der Waals surface area contributed by atoms with Gasteiger partial charge in [-0.1, -0.05) is 18.2 Å². The second kappa shape index (κ2) is 6.43. The van der Waals surface area contributed by atoms with Gasteiger partial charge < -0.3 is 14.3 Å². The lowest BCUT2D eigenvalue weighted by Crippen LogP contribution is -2.25. The number of fused-ring (bicyclic) bond motifs is 2. The van der Waals surface area contributed by atoms with Crippen LogP contribution in [-0.4, -0.2) is 26.4 Å². The molecule has 0 aliphatic rings. The Morgan fingerprint density at radius 3 is 2.96 bits per heavy atom. The predicted molar refractivity (Wildman–Crippen MR) is 98.8 cm³/mol. The summed E-state index contributed by atoms with van der Waals surface area (Å²) in [6.45, 7) is 3.51. The molecule has 0 bridgehead atoms. The van der Waals surface area contributed by atoms with Gasteiger partial charge in [0.2, 0.25) is 0 Å². The molecule has 0 saturated heterocycles. The van der Waals surface area contributed by atoms with Crippen molar-refractivity contribution in [1.29, 1.82) is 0 Å². The van der Waals surface area contributed by atoms with Crippen molar-refractivity contribution in [2.24, 2.45) is 0 Å². The third-order valence-corrected chi connectivity index (χ3v) is 4.39. The first-order chi connectivity index (χ1) is 12.2. The molecule has 0 unspecified atom stereocenters. The number of imidazole rings is 1. The van der Waals surface area contributed by atoms with Crippen LogP contribution in [0.5, 0.6) is 0 Å². The molecule has 0 aliphatic carbocycles. The fraction of sp³-hybridized carbons (Fsp3) is 0.200. The standard InChI is InChI=1S/C20H20N4O/c1-15-7-11-24-14-17(22-19(24)13-15)20(25)21-9-4-10-23-12-8-16-5-2-3-6-18(16)23/h2-3,5-8,11-14H,4,9-10H2,1H3,(H,21,25). The minimum atomic E-state index is -0.126. The van der Waals surface area contributed by atoms with Gasteiger partial charge in [-0.2, -0.15) is 0 Å². The first kappa shape index (κ1) is 15.4. The van der Waals surface area contributed by atoms with Crippen molar-refractivity contribution in [2.45, 2.75) is 19.9 Å². The topological polar surface area (TPSA) is 51.3 Å². The molecule has 1 aromatic carbocycles. The van der Waals surface area contributed by atoms with Gasteiger partial charge in [0.05, 0.1) is 0 Å². The van der Waals surface area contributed by atoms with Gasteiger partial charge in [-0.25, -0.2) is 4.98 Å². The van der Waals surface area contributed by atoms with Crippen molar-refractivity contribution in [1.82, 2.24) is 19.3 Å². The maximum absolute atomic E-state index is 12.3. The second-order valence-corrected chi connectivity index (χ2v) is 6.27. The smallest absolute Gasteiger partial charge is 0.271 e. The molecule has 0 fully saturated rings. The van der Waals surface area contributed by atoms with Gasteiger partial charge in [0.25, 0.3) is 5.91 Å². The van der Waals surface area contributed by atoms with E-state index in [-0.39, 0.29) is 5.91 Å². The number of nitrogens with one attached hydrogen (secondary N) is 1. The van der Waals surface area contributed by atoms with Gasteiger partial charge in [-0.05, 0) is 48.6 Å². The van der Waals surface area contributed by atoms with E-state index in [1.165, 1.54) is 10.9 Å². The zero-order chi connectivity index (χ0) is 17.2. The molecule has 5 nitrogen and oxygen atoms in total. The van der Waals surface area contributed by atoms with Gasteiger partial charge in [0, 0.05) is 37.2 Å². The van der Waals surface area contributed by atoms with E-state index in [4.69, 9.17) is 0 Å². The van der Waals surface area contributed by atoms with Crippen LogP contribution in [0, 0.1) is 6.92 Å². The number of carbonyl (C=O) groups excluding carboxylic acids is 1. The Kier molecular flexibility index (Phi) is 3.98. The third-order valence-electron chi connectivity index (χ3n) is 4.39. The lowest BCUT2D eigenvalue weighted by molar-refractivity contribution is 0.0948. The Morgan fingerprint density at radius 2 is 2.04 bits per heavy atom. The summed E-state index contributed by atoms with van der Waals surface area (Å²) in [5.41, 5.74) is 3.61. The highest BCUT2D eigenvalue weighted by molar-refractivity contribution is 5.92. The van der Waals surface area contributed by atoms with Crippen molar-refractivity contribution in [3.8, 4) is 0 Å². The normalized spacial score (nSPS) is 11.2. The number of benzene rings is 1. The van der Waals surface area contributed by atoms with Gasteiger partial charge in [0.15, 0.2) is 0 Å². The average molecular weight is 332 g/mol. The van der Waals surface area contributed by atoms with Crippen LogP contribution in [0.4, 0.5) is 0 Å². The van der Waals surface area contributed by atoms with Gasteiger partial charge in [-0.3, -0.25) is 4.79 Å². The van der Waals surface area contributed by atoms with Crippen LogP contribution < -0.4 is 5.32 Å². The largest absolute Gasteiger partial charge is 0.351 e. The van der Waals surface area contributed by atoms with E-state index in [1.54, 1.807) is 6.20 Å². The van der Waals surface area contributed by atoms with Crippen LogP contribution in [-0.2, 0) is 6.54 Å². The molecule has 126 valence electrons. The van der Waals surface area contributed by atoms with Crippen LogP contribution in [0.25, 0.3) is 16.6 Å². The zero-order valence-electron chi connectivity index (χ0n) is 14.1. The van der Waals surface area contributed by atoms with Crippen LogP contribution >= 0.6 is 0 Å². The van der Waals surface area contributed by atoms with E-state index in [2.05, 4.69) is 39.3 Å². The minimum Gasteiger partial charge on any atom is -0.351 e. The first-order valence-electron chi connectivity index (χ1n) is 8.48. The van der Waals surface area contributed by atoms with Crippen LogP contribution in [0.15, 0.2) is 61.1 Å². The summed E-state index contributed by atoms with van der Waals surface area (Å²) < 4.78 is 4.09. The number of hydrogen-bond donors (Lipinski definition) is 1. The molecule has 0 atom stereocenters. The summed E-state index contributed by atoms with van der Waals surface area (Å²) in [4.78, 5) is 16.7. The monoisotopic (exact) mass is 332 g/mol. The lowest BCUT2D eigenvalue weighted by atomic mass is 10.2. The van der Waals surface area contributed by atoms with Crippen LogP contribution in [0.2, 0.25) is 0 Å².